The molecular weight excluding hydrogens is 352 g/mol. The van der Waals surface area contributed by atoms with E-state index in [1.807, 2.05) is 0 Å². The number of anilines is 2. The Kier molecular flexibility index (Phi) is 4.67. The molecule has 2 N–H and O–H groups in total. The van der Waals surface area contributed by atoms with Gasteiger partial charge in [-0.25, -0.2) is 22.2 Å². The lowest BCUT2D eigenvalue weighted by Crippen LogP contribution is -2.21. The molecule has 9 heteroatoms. The van der Waals surface area contributed by atoms with Gasteiger partial charge in [-0.15, -0.1) is 0 Å². The fourth-order valence-electron chi connectivity index (χ4n) is 2.55. The summed E-state index contributed by atoms with van der Waals surface area (Å²) < 4.78 is 49.1. The maximum atomic E-state index is 13.2. The summed E-state index contributed by atoms with van der Waals surface area (Å²) in [5.41, 5.74) is 0.375. The number of carbonyl (C=O) groups is 1. The number of nitrogens with zero attached hydrogens (tertiary/aromatic N) is 1. The number of hydrogen-bond donors (Lipinski definition) is 2. The number of hydrogen-bond acceptors (Lipinski definition) is 5. The Morgan fingerprint density at radius 1 is 1.16 bits per heavy atom. The predicted octanol–water partition coefficient (Wildman–Crippen LogP) is 2.21. The zero-order valence-electron chi connectivity index (χ0n) is 13.0. The third-order valence-electron chi connectivity index (χ3n) is 3.78. The molecule has 0 spiro atoms. The van der Waals surface area contributed by atoms with E-state index in [1.54, 1.807) is 0 Å². The minimum Gasteiger partial charge on any atom is -0.366 e. The third kappa shape index (κ3) is 4.30. The molecule has 0 aliphatic carbocycles. The van der Waals surface area contributed by atoms with E-state index in [4.69, 9.17) is 0 Å². The number of rotatable bonds is 4. The summed E-state index contributed by atoms with van der Waals surface area (Å²) in [7, 11) is -3.03. The maximum Gasteiger partial charge on any atom is 0.255 e. The van der Waals surface area contributed by atoms with Gasteiger partial charge in [-0.05, 0) is 30.7 Å². The van der Waals surface area contributed by atoms with Crippen molar-refractivity contribution >= 4 is 27.2 Å². The second-order valence-corrected chi connectivity index (χ2v) is 7.99. The normalized spacial score (nSPS) is 18.7. The molecule has 0 saturated carbocycles. The highest BCUT2D eigenvalue weighted by atomic mass is 32.2. The average molecular weight is 367 g/mol. The standard InChI is InChI=1S/C16H15F2N3O3S/c17-13-2-1-11(8-14(13)18)21-16(22)10-3-5-19-15(7-10)20-12-4-6-25(23,24)9-12/h1-3,5,7-8,12H,4,6,9H2,(H,19,20)(H,21,22). The first kappa shape index (κ1) is 17.3. The molecule has 25 heavy (non-hydrogen) atoms. The van der Waals surface area contributed by atoms with Crippen LogP contribution in [0, 0.1) is 11.6 Å². The molecule has 1 amide bonds. The zero-order valence-corrected chi connectivity index (χ0v) is 13.8. The predicted molar refractivity (Wildman–Crippen MR) is 89.2 cm³/mol. The highest BCUT2D eigenvalue weighted by Crippen LogP contribution is 2.18. The third-order valence-corrected chi connectivity index (χ3v) is 5.55. The average Bonchev–Trinajstić information content (AvgIpc) is 2.90. The molecule has 1 aromatic carbocycles. The highest BCUT2D eigenvalue weighted by molar-refractivity contribution is 7.91. The number of sulfone groups is 1. The Morgan fingerprint density at radius 2 is 1.96 bits per heavy atom. The maximum absolute atomic E-state index is 13.2. The van der Waals surface area contributed by atoms with E-state index in [0.717, 1.165) is 12.1 Å². The molecule has 2 aromatic rings. The molecule has 1 aliphatic rings. The van der Waals surface area contributed by atoms with Crippen LogP contribution in [-0.2, 0) is 9.84 Å². The molecule has 0 radical (unpaired) electrons. The highest BCUT2D eigenvalue weighted by Gasteiger charge is 2.28. The van der Waals surface area contributed by atoms with Crippen molar-refractivity contribution < 1.29 is 22.0 Å². The minimum atomic E-state index is -3.03. The summed E-state index contributed by atoms with van der Waals surface area (Å²) in [4.78, 5) is 16.3. The number of amides is 1. The Bertz CT molecular complexity index is 919. The van der Waals surface area contributed by atoms with E-state index in [1.165, 1.54) is 24.4 Å². The summed E-state index contributed by atoms with van der Waals surface area (Å²) in [5, 5.41) is 5.46. The molecule has 1 saturated heterocycles. The summed E-state index contributed by atoms with van der Waals surface area (Å²) in [6.45, 7) is 0. The van der Waals surface area contributed by atoms with Gasteiger partial charge < -0.3 is 10.6 Å². The fraction of sp³-hybridized carbons (Fsp3) is 0.250. The lowest BCUT2D eigenvalue weighted by Gasteiger charge is -2.12. The van der Waals surface area contributed by atoms with Crippen LogP contribution in [0.3, 0.4) is 0 Å². The molecule has 6 nitrogen and oxygen atoms in total. The lowest BCUT2D eigenvalue weighted by molar-refractivity contribution is 0.102. The van der Waals surface area contributed by atoms with Gasteiger partial charge in [0.15, 0.2) is 21.5 Å². The summed E-state index contributed by atoms with van der Waals surface area (Å²) in [6.07, 6.45) is 1.89. The first-order valence-electron chi connectivity index (χ1n) is 7.52. The summed E-state index contributed by atoms with van der Waals surface area (Å²) in [6, 6.07) is 5.75. The van der Waals surface area contributed by atoms with E-state index >= 15 is 0 Å². The Labute approximate surface area is 143 Å². The molecular formula is C16H15F2N3O3S. The number of pyridine rings is 1. The van der Waals surface area contributed by atoms with Gasteiger partial charge in [0, 0.05) is 29.6 Å². The van der Waals surface area contributed by atoms with Gasteiger partial charge in [-0.3, -0.25) is 4.79 Å². The molecule has 1 fully saturated rings. The van der Waals surface area contributed by atoms with Gasteiger partial charge in [0.05, 0.1) is 11.5 Å². The largest absolute Gasteiger partial charge is 0.366 e. The molecule has 0 bridgehead atoms. The van der Waals surface area contributed by atoms with E-state index in [-0.39, 0.29) is 28.8 Å². The topological polar surface area (TPSA) is 88.2 Å². The second kappa shape index (κ2) is 6.75. The van der Waals surface area contributed by atoms with Crippen LogP contribution in [0.1, 0.15) is 16.8 Å². The van der Waals surface area contributed by atoms with E-state index in [2.05, 4.69) is 15.6 Å². The minimum absolute atomic E-state index is 0.0277. The summed E-state index contributed by atoms with van der Waals surface area (Å²) in [5.74, 6) is -2.05. The van der Waals surface area contributed by atoms with Crippen molar-refractivity contribution in [1.29, 1.82) is 0 Å². The van der Waals surface area contributed by atoms with Crippen LogP contribution in [0.25, 0.3) is 0 Å². The van der Waals surface area contributed by atoms with E-state index in [0.29, 0.717) is 12.2 Å². The van der Waals surface area contributed by atoms with Gasteiger partial charge in [-0.1, -0.05) is 0 Å². The van der Waals surface area contributed by atoms with Crippen LogP contribution >= 0.6 is 0 Å². The number of benzene rings is 1. The Hall–Kier alpha value is -2.55. The molecule has 1 aliphatic heterocycles. The number of nitrogens with one attached hydrogen (secondary N) is 2. The first-order chi connectivity index (χ1) is 11.8. The van der Waals surface area contributed by atoms with Crippen LogP contribution in [0.2, 0.25) is 0 Å². The van der Waals surface area contributed by atoms with Gasteiger partial charge >= 0.3 is 0 Å². The smallest absolute Gasteiger partial charge is 0.255 e. The van der Waals surface area contributed by atoms with Gasteiger partial charge in [0.1, 0.15) is 5.82 Å². The van der Waals surface area contributed by atoms with Gasteiger partial charge in [0.25, 0.3) is 5.91 Å². The molecule has 1 aromatic heterocycles. The Morgan fingerprint density at radius 3 is 2.64 bits per heavy atom. The fourth-order valence-corrected chi connectivity index (χ4v) is 4.22. The van der Waals surface area contributed by atoms with Crippen molar-refractivity contribution in [3.8, 4) is 0 Å². The molecule has 132 valence electrons. The van der Waals surface area contributed by atoms with Crippen LogP contribution in [-0.4, -0.2) is 36.9 Å². The van der Waals surface area contributed by atoms with Crippen LogP contribution in [0.5, 0.6) is 0 Å². The quantitative estimate of drug-likeness (QED) is 0.865. The number of halogens is 2. The number of aromatic nitrogens is 1. The summed E-state index contributed by atoms with van der Waals surface area (Å²) >= 11 is 0. The van der Waals surface area contributed by atoms with Crippen molar-refractivity contribution in [3.63, 3.8) is 0 Å². The van der Waals surface area contributed by atoms with Gasteiger partial charge in [-0.2, -0.15) is 0 Å². The second-order valence-electron chi connectivity index (χ2n) is 5.76. The monoisotopic (exact) mass is 367 g/mol. The van der Waals surface area contributed by atoms with Crippen LogP contribution < -0.4 is 10.6 Å². The van der Waals surface area contributed by atoms with Crippen molar-refractivity contribution in [1.82, 2.24) is 4.98 Å². The van der Waals surface area contributed by atoms with Crippen molar-refractivity contribution in [2.75, 3.05) is 22.1 Å². The van der Waals surface area contributed by atoms with Gasteiger partial charge in [0.2, 0.25) is 0 Å². The molecule has 1 unspecified atom stereocenters. The first-order valence-corrected chi connectivity index (χ1v) is 9.34. The van der Waals surface area contributed by atoms with Crippen molar-refractivity contribution in [3.05, 3.63) is 53.7 Å². The number of carbonyl (C=O) groups excluding carboxylic acids is 1. The van der Waals surface area contributed by atoms with E-state index in [9.17, 15) is 22.0 Å². The zero-order chi connectivity index (χ0) is 18.0. The van der Waals surface area contributed by atoms with Crippen molar-refractivity contribution in [2.24, 2.45) is 0 Å². The Balaban J connectivity index is 1.70. The van der Waals surface area contributed by atoms with Crippen LogP contribution in [0.4, 0.5) is 20.3 Å². The lowest BCUT2D eigenvalue weighted by atomic mass is 10.2. The SMILES string of the molecule is O=C(Nc1ccc(F)c(F)c1)c1ccnc(NC2CCS(=O)(=O)C2)c1. The molecule has 2 heterocycles. The van der Waals surface area contributed by atoms with E-state index < -0.39 is 27.4 Å². The molecule has 1 atom stereocenters. The van der Waals surface area contributed by atoms with Crippen molar-refractivity contribution in [2.45, 2.75) is 12.5 Å². The van der Waals surface area contributed by atoms with Crippen LogP contribution in [0.15, 0.2) is 36.5 Å². The molecule has 3 rings (SSSR count).